The molecule has 5 atom stereocenters. The summed E-state index contributed by atoms with van der Waals surface area (Å²) < 4.78 is 21.4. The number of aliphatic hydroxyl groups is 4. The number of aliphatic hydroxyl groups excluding tert-OH is 4. The Hall–Kier alpha value is -2.63. The minimum Gasteiger partial charge on any atom is -0.504 e. The first kappa shape index (κ1) is 27.0. The van der Waals surface area contributed by atoms with Gasteiger partial charge in [-0.15, -0.1) is 0 Å². The van der Waals surface area contributed by atoms with Crippen LogP contribution in [0.5, 0.6) is 17.2 Å². The van der Waals surface area contributed by atoms with Gasteiger partial charge in [0.15, 0.2) is 5.75 Å². The van der Waals surface area contributed by atoms with E-state index in [1.807, 2.05) is 0 Å². The van der Waals surface area contributed by atoms with E-state index in [0.29, 0.717) is 0 Å². The number of unbranched alkanes of at least 4 members (excludes halogenated alkanes) is 6. The molecule has 1 fully saturated rings. The van der Waals surface area contributed by atoms with Crippen LogP contribution in [0.3, 0.4) is 0 Å². The van der Waals surface area contributed by atoms with Gasteiger partial charge in [0, 0.05) is 6.07 Å². The number of fused-ring (bicyclic) bond motifs is 1. The second-order valence-corrected chi connectivity index (χ2v) is 8.59. The molecule has 2 heterocycles. The highest BCUT2D eigenvalue weighted by atomic mass is 16.7. The number of allylic oxidation sites excluding steroid dienone is 1. The summed E-state index contributed by atoms with van der Waals surface area (Å²) in [6, 6.07) is 4.16. The van der Waals surface area contributed by atoms with E-state index in [0.717, 1.165) is 19.3 Å². The zero-order valence-corrected chi connectivity index (χ0v) is 19.7. The Bertz CT molecular complexity index is 1030. The molecule has 1 aromatic heterocycles. The van der Waals surface area contributed by atoms with Crippen molar-refractivity contribution in [2.24, 2.45) is 0 Å². The van der Waals surface area contributed by atoms with Crippen molar-refractivity contribution in [3.8, 4) is 17.2 Å². The van der Waals surface area contributed by atoms with Gasteiger partial charge in [-0.05, 0) is 31.1 Å². The smallest absolute Gasteiger partial charge is 0.383 e. The largest absolute Gasteiger partial charge is 0.504 e. The SMILES string of the molecule is CCCCCCCC/C=C/Oc1c(O)c2ccc(OC3O[C@H](CO)[C@@H](O)[C@H](O)[C@H]3O)cc2oc1=O. The van der Waals surface area contributed by atoms with Gasteiger partial charge < -0.3 is 44.2 Å². The molecule has 1 saturated heterocycles. The maximum absolute atomic E-state index is 12.4. The number of aromatic hydroxyl groups is 1. The Morgan fingerprint density at radius 1 is 1.03 bits per heavy atom. The molecule has 0 saturated carbocycles. The summed E-state index contributed by atoms with van der Waals surface area (Å²) in [5, 5.41) is 49.9. The van der Waals surface area contributed by atoms with Crippen LogP contribution in [0.1, 0.15) is 51.9 Å². The molecule has 0 amide bonds. The molecule has 10 heteroatoms. The van der Waals surface area contributed by atoms with Gasteiger partial charge in [-0.2, -0.15) is 0 Å². The van der Waals surface area contributed by atoms with Crippen molar-refractivity contribution >= 4 is 11.0 Å². The molecule has 1 aliphatic heterocycles. The second-order valence-electron chi connectivity index (χ2n) is 8.59. The van der Waals surface area contributed by atoms with Crippen LogP contribution in [0.15, 0.2) is 39.7 Å². The molecule has 0 radical (unpaired) electrons. The van der Waals surface area contributed by atoms with Gasteiger partial charge in [-0.1, -0.05) is 39.0 Å². The lowest BCUT2D eigenvalue weighted by Crippen LogP contribution is -2.60. The van der Waals surface area contributed by atoms with E-state index in [-0.39, 0.29) is 28.2 Å². The van der Waals surface area contributed by atoms with Crippen LogP contribution in [-0.2, 0) is 4.74 Å². The van der Waals surface area contributed by atoms with Crippen molar-refractivity contribution in [2.75, 3.05) is 6.61 Å². The molecule has 5 N–H and O–H groups in total. The first-order valence-corrected chi connectivity index (χ1v) is 12.0. The summed E-state index contributed by atoms with van der Waals surface area (Å²) in [7, 11) is 0. The maximum Gasteiger partial charge on any atom is 0.383 e. The number of ether oxygens (including phenoxy) is 3. The van der Waals surface area contributed by atoms with Gasteiger partial charge in [0.05, 0.1) is 18.3 Å². The maximum atomic E-state index is 12.4. The van der Waals surface area contributed by atoms with Crippen LogP contribution in [-0.4, -0.2) is 62.8 Å². The monoisotopic (exact) mass is 494 g/mol. The molecule has 35 heavy (non-hydrogen) atoms. The average molecular weight is 495 g/mol. The highest BCUT2D eigenvalue weighted by molar-refractivity contribution is 5.86. The highest BCUT2D eigenvalue weighted by Crippen LogP contribution is 2.34. The van der Waals surface area contributed by atoms with E-state index in [1.54, 1.807) is 6.08 Å². The summed E-state index contributed by atoms with van der Waals surface area (Å²) in [5.74, 6) is -0.629. The lowest BCUT2D eigenvalue weighted by Gasteiger charge is -2.39. The van der Waals surface area contributed by atoms with Crippen molar-refractivity contribution in [1.29, 1.82) is 0 Å². The summed E-state index contributed by atoms with van der Waals surface area (Å²) in [6.45, 7) is 1.58. The lowest BCUT2D eigenvalue weighted by molar-refractivity contribution is -0.277. The second kappa shape index (κ2) is 12.9. The van der Waals surface area contributed by atoms with Crippen molar-refractivity contribution in [3.63, 3.8) is 0 Å². The van der Waals surface area contributed by atoms with Crippen LogP contribution >= 0.6 is 0 Å². The Kier molecular flexibility index (Phi) is 9.93. The fraction of sp³-hybridized carbons (Fsp3) is 0.560. The molecule has 0 spiro atoms. The fourth-order valence-electron chi connectivity index (χ4n) is 3.85. The van der Waals surface area contributed by atoms with Crippen molar-refractivity contribution in [1.82, 2.24) is 0 Å². The van der Waals surface area contributed by atoms with Gasteiger partial charge in [-0.3, -0.25) is 0 Å². The van der Waals surface area contributed by atoms with E-state index in [9.17, 15) is 30.3 Å². The molecule has 10 nitrogen and oxygen atoms in total. The van der Waals surface area contributed by atoms with Gasteiger partial charge in [0.25, 0.3) is 5.75 Å². The topological polar surface area (TPSA) is 159 Å². The first-order valence-electron chi connectivity index (χ1n) is 12.0. The third kappa shape index (κ3) is 6.74. The van der Waals surface area contributed by atoms with Crippen molar-refractivity contribution < 1.29 is 44.2 Å². The molecule has 2 aromatic rings. The number of hydrogen-bond donors (Lipinski definition) is 5. The van der Waals surface area contributed by atoms with E-state index in [2.05, 4.69) is 6.92 Å². The summed E-state index contributed by atoms with van der Waals surface area (Å²) in [5.41, 5.74) is -0.887. The summed E-state index contributed by atoms with van der Waals surface area (Å²) >= 11 is 0. The first-order chi connectivity index (χ1) is 16.9. The third-order valence-corrected chi connectivity index (χ3v) is 5.92. The lowest BCUT2D eigenvalue weighted by atomic mass is 9.99. The highest BCUT2D eigenvalue weighted by Gasteiger charge is 2.44. The minimum atomic E-state index is -1.60. The summed E-state index contributed by atoms with van der Waals surface area (Å²) in [4.78, 5) is 12.4. The Morgan fingerprint density at radius 3 is 2.51 bits per heavy atom. The van der Waals surface area contributed by atoms with Crippen LogP contribution in [0.2, 0.25) is 0 Å². The molecule has 1 unspecified atom stereocenters. The molecular formula is C25H34O10. The molecule has 194 valence electrons. The van der Waals surface area contributed by atoms with Crippen molar-refractivity contribution in [2.45, 2.75) is 82.6 Å². The standard InChI is InChI=1S/C25H34O10/c1-2-3-4-5-6-7-8-9-12-32-23-19(27)16-11-10-15(13-17(16)34-24(23)31)33-25-22(30)21(29)20(28)18(14-26)35-25/h9-13,18,20-22,25-30H,2-8,14H2,1H3/b12-9+/t18-,20-,21+,22-,25?/m1/s1. The summed E-state index contributed by atoms with van der Waals surface area (Å²) in [6.07, 6.45) is 3.74. The Balaban J connectivity index is 1.65. The van der Waals surface area contributed by atoms with Gasteiger partial charge in [-0.25, -0.2) is 4.79 Å². The van der Waals surface area contributed by atoms with Crippen LogP contribution < -0.4 is 15.1 Å². The predicted octanol–water partition coefficient (Wildman–Crippen LogP) is 2.32. The Labute approximate surface area is 203 Å². The van der Waals surface area contributed by atoms with Crippen LogP contribution in [0, 0.1) is 0 Å². The van der Waals surface area contributed by atoms with E-state index in [4.69, 9.17) is 18.6 Å². The molecule has 1 aliphatic rings. The molecule has 0 aliphatic carbocycles. The Morgan fingerprint density at radius 2 is 1.77 bits per heavy atom. The average Bonchev–Trinajstić information content (AvgIpc) is 2.84. The minimum absolute atomic E-state index is 0.00185. The van der Waals surface area contributed by atoms with E-state index < -0.39 is 42.9 Å². The van der Waals surface area contributed by atoms with Crippen molar-refractivity contribution in [3.05, 3.63) is 41.0 Å². The number of benzene rings is 1. The predicted molar refractivity (Wildman–Crippen MR) is 126 cm³/mol. The van der Waals surface area contributed by atoms with E-state index >= 15 is 0 Å². The van der Waals surface area contributed by atoms with E-state index in [1.165, 1.54) is 50.1 Å². The zero-order chi connectivity index (χ0) is 25.4. The van der Waals surface area contributed by atoms with Crippen LogP contribution in [0.4, 0.5) is 0 Å². The molecular weight excluding hydrogens is 460 g/mol. The zero-order valence-electron chi connectivity index (χ0n) is 19.7. The quantitative estimate of drug-likeness (QED) is 0.168. The molecule has 1 aromatic carbocycles. The number of hydrogen-bond acceptors (Lipinski definition) is 10. The molecule has 0 bridgehead atoms. The van der Waals surface area contributed by atoms with Gasteiger partial charge in [0.1, 0.15) is 35.7 Å². The number of rotatable bonds is 12. The molecule has 3 rings (SSSR count). The van der Waals surface area contributed by atoms with Crippen LogP contribution in [0.25, 0.3) is 11.0 Å². The van der Waals surface area contributed by atoms with Gasteiger partial charge >= 0.3 is 5.63 Å². The third-order valence-electron chi connectivity index (χ3n) is 5.92. The fourth-order valence-corrected chi connectivity index (χ4v) is 3.85. The normalized spacial score (nSPS) is 24.8. The van der Waals surface area contributed by atoms with Gasteiger partial charge in [0.2, 0.25) is 6.29 Å².